The fourth-order valence-electron chi connectivity index (χ4n) is 2.25. The van der Waals surface area contributed by atoms with Crippen LogP contribution in [0, 0.1) is 0 Å². The zero-order valence-corrected chi connectivity index (χ0v) is 13.9. The van der Waals surface area contributed by atoms with Gasteiger partial charge >= 0.3 is 0 Å². The number of halogens is 1. The maximum absolute atomic E-state index is 12.6. The first-order valence-corrected chi connectivity index (χ1v) is 7.83. The van der Waals surface area contributed by atoms with Gasteiger partial charge in [-0.3, -0.25) is 4.79 Å². The number of nitrogens with zero attached hydrogens (tertiary/aromatic N) is 4. The molecule has 1 amide bonds. The van der Waals surface area contributed by atoms with Crippen LogP contribution in [0.5, 0.6) is 0 Å². The highest BCUT2D eigenvalue weighted by Crippen LogP contribution is 2.18. The molecule has 0 saturated heterocycles. The highest BCUT2D eigenvalue weighted by Gasteiger charge is 2.16. The Morgan fingerprint density at radius 3 is 2.61 bits per heavy atom. The Hall–Kier alpha value is -2.54. The van der Waals surface area contributed by atoms with Gasteiger partial charge in [-0.25, -0.2) is 0 Å². The van der Waals surface area contributed by atoms with Crippen molar-refractivity contribution in [1.29, 1.82) is 0 Å². The summed E-state index contributed by atoms with van der Waals surface area (Å²) in [5.41, 5.74) is 2.18. The van der Waals surface area contributed by atoms with Gasteiger partial charge in [-0.1, -0.05) is 40.2 Å². The summed E-state index contributed by atoms with van der Waals surface area (Å²) in [4.78, 5) is 12.6. The van der Waals surface area contributed by atoms with Crippen LogP contribution in [0.3, 0.4) is 0 Å². The number of amides is 1. The van der Waals surface area contributed by atoms with Crippen molar-refractivity contribution in [3.63, 3.8) is 0 Å². The zero-order chi connectivity index (χ0) is 16.2. The molecule has 1 heterocycles. The third-order valence-corrected chi connectivity index (χ3v) is 3.99. The predicted octanol–water partition coefficient (Wildman–Crippen LogP) is 2.92. The minimum Gasteiger partial charge on any atom is -0.345 e. The van der Waals surface area contributed by atoms with Crippen LogP contribution in [0.1, 0.15) is 28.9 Å². The standard InChI is InChI=1S/C16H14BrN5O/c1-11(12-6-8-13(17)9-7-12)19-16(23)14-4-2-3-5-15(14)22-10-18-20-21-22/h2-11H,1H3,(H,19,23)/t11-/m1/s1. The van der Waals surface area contributed by atoms with E-state index in [1.54, 1.807) is 12.1 Å². The van der Waals surface area contributed by atoms with Crippen molar-refractivity contribution in [3.8, 4) is 5.69 Å². The molecule has 7 heteroatoms. The molecule has 0 unspecified atom stereocenters. The van der Waals surface area contributed by atoms with Crippen molar-refractivity contribution in [2.24, 2.45) is 0 Å². The number of carbonyl (C=O) groups is 1. The van der Waals surface area contributed by atoms with Gasteiger partial charge in [-0.05, 0) is 47.2 Å². The molecule has 1 atom stereocenters. The lowest BCUT2D eigenvalue weighted by molar-refractivity contribution is 0.0939. The van der Waals surface area contributed by atoms with E-state index >= 15 is 0 Å². The van der Waals surface area contributed by atoms with E-state index < -0.39 is 0 Å². The van der Waals surface area contributed by atoms with Gasteiger partial charge in [-0.15, -0.1) is 5.10 Å². The fraction of sp³-hybridized carbons (Fsp3) is 0.125. The molecule has 0 fully saturated rings. The van der Waals surface area contributed by atoms with Crippen LogP contribution in [-0.4, -0.2) is 26.1 Å². The van der Waals surface area contributed by atoms with E-state index in [4.69, 9.17) is 0 Å². The summed E-state index contributed by atoms with van der Waals surface area (Å²) < 4.78 is 2.47. The molecule has 0 aliphatic rings. The Morgan fingerprint density at radius 2 is 1.91 bits per heavy atom. The number of para-hydroxylation sites is 1. The van der Waals surface area contributed by atoms with Crippen LogP contribution < -0.4 is 5.32 Å². The van der Waals surface area contributed by atoms with E-state index in [0.717, 1.165) is 10.0 Å². The molecular formula is C16H14BrN5O. The summed E-state index contributed by atoms with van der Waals surface area (Å²) in [5.74, 6) is -0.175. The topological polar surface area (TPSA) is 72.7 Å². The molecule has 0 aliphatic carbocycles. The van der Waals surface area contributed by atoms with E-state index in [0.29, 0.717) is 11.3 Å². The van der Waals surface area contributed by atoms with Gasteiger partial charge < -0.3 is 5.32 Å². The smallest absolute Gasteiger partial charge is 0.253 e. The van der Waals surface area contributed by atoms with Crippen LogP contribution in [0.25, 0.3) is 5.69 Å². The summed E-state index contributed by atoms with van der Waals surface area (Å²) in [6.07, 6.45) is 1.46. The number of rotatable bonds is 4. The van der Waals surface area contributed by atoms with Crippen LogP contribution in [-0.2, 0) is 0 Å². The number of hydrogen-bond acceptors (Lipinski definition) is 4. The SMILES string of the molecule is C[C@@H](NC(=O)c1ccccc1-n1cnnn1)c1ccc(Br)cc1. The Kier molecular flexibility index (Phi) is 4.47. The van der Waals surface area contributed by atoms with E-state index in [2.05, 4.69) is 36.8 Å². The summed E-state index contributed by atoms with van der Waals surface area (Å²) in [7, 11) is 0. The lowest BCUT2D eigenvalue weighted by Gasteiger charge is -2.16. The van der Waals surface area contributed by atoms with E-state index in [-0.39, 0.29) is 11.9 Å². The first kappa shape index (κ1) is 15.4. The summed E-state index contributed by atoms with van der Waals surface area (Å²) in [6, 6.07) is 14.9. The number of tetrazole rings is 1. The molecule has 116 valence electrons. The van der Waals surface area contributed by atoms with Crippen molar-refractivity contribution < 1.29 is 4.79 Å². The van der Waals surface area contributed by atoms with Crippen molar-refractivity contribution in [3.05, 3.63) is 70.5 Å². The molecule has 0 radical (unpaired) electrons. The highest BCUT2D eigenvalue weighted by molar-refractivity contribution is 9.10. The lowest BCUT2D eigenvalue weighted by Crippen LogP contribution is -2.27. The normalized spacial score (nSPS) is 11.9. The van der Waals surface area contributed by atoms with Crippen LogP contribution in [0.2, 0.25) is 0 Å². The quantitative estimate of drug-likeness (QED) is 0.765. The number of carbonyl (C=O) groups excluding carboxylic acids is 1. The average molecular weight is 372 g/mol. The molecule has 2 aromatic carbocycles. The fourth-order valence-corrected chi connectivity index (χ4v) is 2.51. The first-order valence-electron chi connectivity index (χ1n) is 7.04. The molecule has 3 rings (SSSR count). The van der Waals surface area contributed by atoms with Gasteiger partial charge in [0, 0.05) is 4.47 Å². The molecule has 23 heavy (non-hydrogen) atoms. The molecule has 0 spiro atoms. The van der Waals surface area contributed by atoms with Gasteiger partial charge in [0.2, 0.25) is 0 Å². The van der Waals surface area contributed by atoms with Crippen LogP contribution in [0.15, 0.2) is 59.3 Å². The second kappa shape index (κ2) is 6.70. The number of benzene rings is 2. The molecule has 0 saturated carbocycles. The van der Waals surface area contributed by atoms with Gasteiger partial charge in [-0.2, -0.15) is 4.68 Å². The van der Waals surface area contributed by atoms with Crippen molar-refractivity contribution in [2.45, 2.75) is 13.0 Å². The van der Waals surface area contributed by atoms with E-state index in [9.17, 15) is 4.79 Å². The van der Waals surface area contributed by atoms with Gasteiger partial charge in [0.15, 0.2) is 0 Å². The predicted molar refractivity (Wildman–Crippen MR) is 89.2 cm³/mol. The van der Waals surface area contributed by atoms with Crippen molar-refractivity contribution >= 4 is 21.8 Å². The molecule has 3 aromatic rings. The number of hydrogen-bond donors (Lipinski definition) is 1. The third kappa shape index (κ3) is 3.45. The Bertz CT molecular complexity index is 802. The molecule has 0 aliphatic heterocycles. The monoisotopic (exact) mass is 371 g/mol. The number of nitrogens with one attached hydrogen (secondary N) is 1. The Balaban J connectivity index is 1.83. The Morgan fingerprint density at radius 1 is 1.17 bits per heavy atom. The van der Waals surface area contributed by atoms with E-state index in [1.807, 2.05) is 43.3 Å². The summed E-state index contributed by atoms with van der Waals surface area (Å²) in [6.45, 7) is 1.95. The first-order chi connectivity index (χ1) is 11.1. The number of aromatic nitrogens is 4. The summed E-state index contributed by atoms with van der Waals surface area (Å²) >= 11 is 3.40. The molecule has 6 nitrogen and oxygen atoms in total. The van der Waals surface area contributed by atoms with E-state index in [1.165, 1.54) is 11.0 Å². The van der Waals surface area contributed by atoms with Gasteiger partial charge in [0.05, 0.1) is 17.3 Å². The average Bonchev–Trinajstić information content (AvgIpc) is 3.09. The highest BCUT2D eigenvalue weighted by atomic mass is 79.9. The van der Waals surface area contributed by atoms with Crippen LogP contribution >= 0.6 is 15.9 Å². The Labute approximate surface area is 141 Å². The van der Waals surface area contributed by atoms with Gasteiger partial charge in [0.25, 0.3) is 5.91 Å². The molecule has 1 aromatic heterocycles. The molecular weight excluding hydrogens is 358 g/mol. The molecule has 0 bridgehead atoms. The second-order valence-electron chi connectivity index (χ2n) is 5.02. The van der Waals surface area contributed by atoms with Gasteiger partial charge in [0.1, 0.15) is 6.33 Å². The lowest BCUT2D eigenvalue weighted by atomic mass is 10.1. The minimum atomic E-state index is -0.175. The van der Waals surface area contributed by atoms with Crippen molar-refractivity contribution in [2.75, 3.05) is 0 Å². The third-order valence-electron chi connectivity index (χ3n) is 3.46. The second-order valence-corrected chi connectivity index (χ2v) is 5.93. The maximum Gasteiger partial charge on any atom is 0.253 e. The summed E-state index contributed by atoms with van der Waals surface area (Å²) in [5, 5.41) is 14.1. The van der Waals surface area contributed by atoms with Crippen LogP contribution in [0.4, 0.5) is 0 Å². The molecule has 1 N–H and O–H groups in total. The minimum absolute atomic E-state index is 0.113. The van der Waals surface area contributed by atoms with Crippen molar-refractivity contribution in [1.82, 2.24) is 25.5 Å². The largest absolute Gasteiger partial charge is 0.345 e. The zero-order valence-electron chi connectivity index (χ0n) is 12.3. The maximum atomic E-state index is 12.6.